The molecule has 5 heteroatoms. The first kappa shape index (κ1) is 13.5. The van der Waals surface area contributed by atoms with E-state index in [1.54, 1.807) is 0 Å². The summed E-state index contributed by atoms with van der Waals surface area (Å²) < 4.78 is 7.41. The highest BCUT2D eigenvalue weighted by atomic mass is 16.5. The van der Waals surface area contributed by atoms with Crippen molar-refractivity contribution in [3.8, 4) is 5.75 Å². The van der Waals surface area contributed by atoms with Crippen LogP contribution in [-0.4, -0.2) is 20.3 Å². The largest absolute Gasteiger partial charge is 0.419 e. The van der Waals surface area contributed by atoms with Crippen LogP contribution in [0.5, 0.6) is 5.75 Å². The summed E-state index contributed by atoms with van der Waals surface area (Å²) in [5.41, 5.74) is 2.97. The van der Waals surface area contributed by atoms with Gasteiger partial charge in [-0.1, -0.05) is 18.2 Å². The van der Waals surface area contributed by atoms with Crippen LogP contribution in [-0.2, 0) is 4.79 Å². The number of aromatic nitrogens is 3. The van der Waals surface area contributed by atoms with Crippen LogP contribution in [0.4, 0.5) is 0 Å². The molecule has 0 amide bonds. The van der Waals surface area contributed by atoms with Gasteiger partial charge < -0.3 is 4.74 Å². The number of aryl methyl sites for hydroxylation is 3. The lowest BCUT2D eigenvalue weighted by atomic mass is 10.1. The van der Waals surface area contributed by atoms with Gasteiger partial charge in [0.2, 0.25) is 5.78 Å². The van der Waals surface area contributed by atoms with Crippen molar-refractivity contribution in [1.29, 1.82) is 0 Å². The number of allylic oxidation sites excluding steroid dienone is 2. The molecule has 0 N–H and O–H groups in total. The molecule has 2 aromatic rings. The number of carbonyl (C=O) groups excluding carboxylic acids is 1. The van der Waals surface area contributed by atoms with Gasteiger partial charge in [0.1, 0.15) is 0 Å². The minimum absolute atomic E-state index is 0.338. The third kappa shape index (κ3) is 2.46. The van der Waals surface area contributed by atoms with E-state index in [-0.39, 0.29) is 5.97 Å². The Hall–Kier alpha value is -2.43. The van der Waals surface area contributed by atoms with Crippen molar-refractivity contribution in [3.63, 3.8) is 0 Å². The van der Waals surface area contributed by atoms with Crippen LogP contribution in [0, 0.1) is 20.8 Å². The van der Waals surface area contributed by atoms with Gasteiger partial charge in [0.15, 0.2) is 5.75 Å². The first-order valence-electron chi connectivity index (χ1n) is 6.98. The summed E-state index contributed by atoms with van der Waals surface area (Å²) in [5.74, 6) is 0.791. The van der Waals surface area contributed by atoms with Crippen molar-refractivity contribution >= 4 is 11.7 Å². The van der Waals surface area contributed by atoms with Crippen molar-refractivity contribution in [2.24, 2.45) is 0 Å². The zero-order valence-corrected chi connectivity index (χ0v) is 12.4. The van der Waals surface area contributed by atoms with E-state index in [9.17, 15) is 4.79 Å². The molecule has 21 heavy (non-hydrogen) atoms. The van der Waals surface area contributed by atoms with Gasteiger partial charge in [-0.25, -0.2) is 14.8 Å². The highest BCUT2D eigenvalue weighted by molar-refractivity contribution is 5.93. The number of ether oxygens (including phenoxy) is 1. The summed E-state index contributed by atoms with van der Waals surface area (Å²) >= 11 is 0. The van der Waals surface area contributed by atoms with Gasteiger partial charge in [0.25, 0.3) is 0 Å². The molecule has 0 spiro atoms. The molecule has 0 atom stereocenters. The van der Waals surface area contributed by atoms with Crippen LogP contribution < -0.4 is 4.74 Å². The van der Waals surface area contributed by atoms with E-state index in [2.05, 4.69) is 9.97 Å². The van der Waals surface area contributed by atoms with Crippen molar-refractivity contribution in [2.45, 2.75) is 33.6 Å². The molecule has 3 rings (SSSR count). The maximum absolute atomic E-state index is 12.2. The average Bonchev–Trinajstić information content (AvgIpc) is 2.85. The summed E-state index contributed by atoms with van der Waals surface area (Å²) in [6.07, 6.45) is 9.42. The van der Waals surface area contributed by atoms with Gasteiger partial charge in [0, 0.05) is 6.20 Å². The number of esters is 1. The maximum Gasteiger partial charge on any atom is 0.343 e. The summed E-state index contributed by atoms with van der Waals surface area (Å²) in [5, 5.41) is 0. The Kier molecular flexibility index (Phi) is 3.33. The molecular formula is C16H17N3O2. The standard InChI is InChI=1S/C16H17N3O2/c1-10-9-19-12(3)14(11(2)18-16(19)17-10)21-15(20)13-7-5-4-6-8-13/h5,7-9H,4,6H2,1-3H3. The SMILES string of the molecule is Cc1cn2c(C)c(OC(=O)C3=CCCC=C3)c(C)nc2n1. The Morgan fingerprint density at radius 3 is 2.76 bits per heavy atom. The summed E-state index contributed by atoms with van der Waals surface area (Å²) in [7, 11) is 0. The monoisotopic (exact) mass is 283 g/mol. The molecule has 2 heterocycles. The number of fused-ring (bicyclic) bond motifs is 1. The predicted molar refractivity (Wildman–Crippen MR) is 79.3 cm³/mol. The average molecular weight is 283 g/mol. The molecule has 0 saturated carbocycles. The lowest BCUT2D eigenvalue weighted by Gasteiger charge is -2.12. The fourth-order valence-corrected chi connectivity index (χ4v) is 2.45. The Labute approximate surface area is 123 Å². The predicted octanol–water partition coefficient (Wildman–Crippen LogP) is 2.84. The quantitative estimate of drug-likeness (QED) is 0.795. The molecule has 0 radical (unpaired) electrons. The lowest BCUT2D eigenvalue weighted by molar-refractivity contribution is -0.129. The second kappa shape index (κ2) is 5.16. The molecule has 0 fully saturated rings. The Morgan fingerprint density at radius 2 is 2.05 bits per heavy atom. The number of imidazole rings is 1. The molecule has 2 aromatic heterocycles. The summed E-state index contributed by atoms with van der Waals surface area (Å²) in [4.78, 5) is 20.9. The highest BCUT2D eigenvalue weighted by Gasteiger charge is 2.17. The molecule has 0 bridgehead atoms. The number of carbonyl (C=O) groups is 1. The maximum atomic E-state index is 12.2. The zero-order valence-electron chi connectivity index (χ0n) is 12.4. The normalized spacial score (nSPS) is 14.3. The van der Waals surface area contributed by atoms with Crippen LogP contribution >= 0.6 is 0 Å². The van der Waals surface area contributed by atoms with Crippen LogP contribution in [0.25, 0.3) is 5.78 Å². The van der Waals surface area contributed by atoms with E-state index in [4.69, 9.17) is 4.74 Å². The minimum atomic E-state index is -0.338. The van der Waals surface area contributed by atoms with E-state index >= 15 is 0 Å². The van der Waals surface area contributed by atoms with Gasteiger partial charge in [0.05, 0.1) is 22.7 Å². The topological polar surface area (TPSA) is 56.5 Å². The van der Waals surface area contributed by atoms with Crippen LogP contribution in [0.3, 0.4) is 0 Å². The second-order valence-corrected chi connectivity index (χ2v) is 5.19. The van der Waals surface area contributed by atoms with Crippen molar-refractivity contribution in [1.82, 2.24) is 14.4 Å². The van der Waals surface area contributed by atoms with E-state index in [0.717, 1.165) is 24.2 Å². The van der Waals surface area contributed by atoms with Crippen LogP contribution in [0.15, 0.2) is 30.0 Å². The van der Waals surface area contributed by atoms with Gasteiger partial charge in [-0.3, -0.25) is 4.40 Å². The molecule has 5 nitrogen and oxygen atoms in total. The molecule has 0 aliphatic heterocycles. The van der Waals surface area contributed by atoms with Crippen molar-refractivity contribution in [2.75, 3.05) is 0 Å². The zero-order chi connectivity index (χ0) is 15.0. The Balaban J connectivity index is 1.98. The molecule has 1 aliphatic carbocycles. The van der Waals surface area contributed by atoms with E-state index in [1.807, 2.05) is 49.6 Å². The van der Waals surface area contributed by atoms with E-state index in [1.165, 1.54) is 0 Å². The molecular weight excluding hydrogens is 266 g/mol. The van der Waals surface area contributed by atoms with Crippen molar-refractivity contribution < 1.29 is 9.53 Å². The Morgan fingerprint density at radius 1 is 1.24 bits per heavy atom. The van der Waals surface area contributed by atoms with Gasteiger partial charge >= 0.3 is 5.97 Å². The number of nitrogens with zero attached hydrogens (tertiary/aromatic N) is 3. The minimum Gasteiger partial charge on any atom is -0.419 e. The third-order valence-corrected chi connectivity index (χ3v) is 3.52. The van der Waals surface area contributed by atoms with Gasteiger partial charge in [-0.15, -0.1) is 0 Å². The van der Waals surface area contributed by atoms with Gasteiger partial charge in [-0.2, -0.15) is 0 Å². The highest BCUT2D eigenvalue weighted by Crippen LogP contribution is 2.24. The molecule has 0 aromatic carbocycles. The van der Waals surface area contributed by atoms with Crippen LogP contribution in [0.1, 0.15) is 29.9 Å². The first-order valence-corrected chi connectivity index (χ1v) is 6.98. The van der Waals surface area contributed by atoms with Crippen molar-refractivity contribution in [3.05, 3.63) is 47.1 Å². The molecule has 0 saturated heterocycles. The van der Waals surface area contributed by atoms with Crippen LogP contribution in [0.2, 0.25) is 0 Å². The summed E-state index contributed by atoms with van der Waals surface area (Å²) in [6, 6.07) is 0. The number of hydrogen-bond donors (Lipinski definition) is 0. The van der Waals surface area contributed by atoms with Gasteiger partial charge in [-0.05, 0) is 33.6 Å². The second-order valence-electron chi connectivity index (χ2n) is 5.19. The fourth-order valence-electron chi connectivity index (χ4n) is 2.45. The fraction of sp³-hybridized carbons (Fsp3) is 0.312. The summed E-state index contributed by atoms with van der Waals surface area (Å²) in [6.45, 7) is 5.63. The molecule has 108 valence electrons. The first-order chi connectivity index (χ1) is 10.1. The smallest absolute Gasteiger partial charge is 0.343 e. The Bertz CT molecular complexity index is 784. The number of rotatable bonds is 2. The number of hydrogen-bond acceptors (Lipinski definition) is 4. The third-order valence-electron chi connectivity index (χ3n) is 3.52. The molecule has 0 unspecified atom stereocenters. The van der Waals surface area contributed by atoms with E-state index < -0.39 is 0 Å². The molecule has 1 aliphatic rings. The lowest BCUT2D eigenvalue weighted by Crippen LogP contribution is -2.14. The van der Waals surface area contributed by atoms with E-state index in [0.29, 0.717) is 22.8 Å².